The number of nitrogens with zero attached hydrogens (tertiary/aromatic N) is 3. The average Bonchev–Trinajstić information content (AvgIpc) is 3.42. The van der Waals surface area contributed by atoms with Crippen LogP contribution in [0, 0.1) is 17.6 Å². The summed E-state index contributed by atoms with van der Waals surface area (Å²) in [5.74, 6) is -1.18. The van der Waals surface area contributed by atoms with Gasteiger partial charge in [-0.15, -0.1) is 10.2 Å². The molecular formula is C21H24F2N4O2S. The van der Waals surface area contributed by atoms with Crippen molar-refractivity contribution in [1.82, 2.24) is 15.1 Å². The molecule has 2 aromatic rings. The first-order chi connectivity index (χ1) is 14.5. The van der Waals surface area contributed by atoms with E-state index in [4.69, 9.17) is 0 Å². The highest BCUT2D eigenvalue weighted by molar-refractivity contribution is 7.13. The van der Waals surface area contributed by atoms with Crippen LogP contribution in [0.15, 0.2) is 18.2 Å². The van der Waals surface area contributed by atoms with Crippen LogP contribution in [0.25, 0.3) is 0 Å². The zero-order chi connectivity index (χ0) is 21.1. The summed E-state index contributed by atoms with van der Waals surface area (Å²) >= 11 is 1.18. The van der Waals surface area contributed by atoms with E-state index in [-0.39, 0.29) is 22.5 Å². The van der Waals surface area contributed by atoms with Gasteiger partial charge in [0.15, 0.2) is 0 Å². The van der Waals surface area contributed by atoms with Gasteiger partial charge >= 0.3 is 0 Å². The third-order valence-electron chi connectivity index (χ3n) is 5.95. The molecule has 1 aliphatic carbocycles. The van der Waals surface area contributed by atoms with Gasteiger partial charge in [0.25, 0.3) is 5.91 Å². The van der Waals surface area contributed by atoms with Crippen LogP contribution in [0.5, 0.6) is 0 Å². The number of halogens is 2. The number of anilines is 1. The molecule has 2 aliphatic rings. The zero-order valence-electron chi connectivity index (χ0n) is 16.6. The predicted octanol–water partition coefficient (Wildman–Crippen LogP) is 4.35. The van der Waals surface area contributed by atoms with Crippen molar-refractivity contribution in [3.63, 3.8) is 0 Å². The molecule has 9 heteroatoms. The average molecular weight is 435 g/mol. The lowest BCUT2D eigenvalue weighted by molar-refractivity contribution is -0.133. The summed E-state index contributed by atoms with van der Waals surface area (Å²) in [5.41, 5.74) is -0.104. The number of amides is 2. The van der Waals surface area contributed by atoms with Crippen molar-refractivity contribution in [2.24, 2.45) is 5.92 Å². The molecule has 0 radical (unpaired) electrons. The van der Waals surface area contributed by atoms with E-state index in [1.807, 2.05) is 4.90 Å². The normalized spacial score (nSPS) is 18.0. The number of benzene rings is 1. The highest BCUT2D eigenvalue weighted by atomic mass is 32.1. The fourth-order valence-corrected chi connectivity index (χ4v) is 5.13. The van der Waals surface area contributed by atoms with E-state index in [2.05, 4.69) is 15.5 Å². The third kappa shape index (κ3) is 4.83. The predicted molar refractivity (Wildman–Crippen MR) is 109 cm³/mol. The second-order valence-electron chi connectivity index (χ2n) is 8.03. The summed E-state index contributed by atoms with van der Waals surface area (Å²) in [6.07, 6.45) is 7.05. The van der Waals surface area contributed by atoms with Gasteiger partial charge in [0.2, 0.25) is 10.9 Å². The number of hydrogen-bond acceptors (Lipinski definition) is 5. The number of carbonyl (C=O) groups is 2. The van der Waals surface area contributed by atoms with Crippen LogP contribution in [0.1, 0.15) is 65.7 Å². The van der Waals surface area contributed by atoms with E-state index in [0.29, 0.717) is 31.5 Å². The standard InChI is InChI=1S/C21H24F2N4O2S/c22-15-5-6-17(16(23)12-15)24-19(29)21-26-25-20(30-21)14-7-9-27(10-8-14)18(28)11-13-3-1-2-4-13/h5-6,12-14H,1-4,7-11H2,(H,24,29). The van der Waals surface area contributed by atoms with Gasteiger partial charge in [-0.3, -0.25) is 9.59 Å². The number of rotatable bonds is 5. The molecule has 1 aromatic carbocycles. The van der Waals surface area contributed by atoms with Crippen LogP contribution in [0.3, 0.4) is 0 Å². The minimum Gasteiger partial charge on any atom is -0.343 e. The Balaban J connectivity index is 1.31. The van der Waals surface area contributed by atoms with Crippen molar-refractivity contribution in [1.29, 1.82) is 0 Å². The Bertz CT molecular complexity index is 921. The first-order valence-corrected chi connectivity index (χ1v) is 11.2. The highest BCUT2D eigenvalue weighted by Gasteiger charge is 2.29. The number of nitrogens with one attached hydrogen (secondary N) is 1. The Morgan fingerprint density at radius 1 is 1.10 bits per heavy atom. The first-order valence-electron chi connectivity index (χ1n) is 10.4. The lowest BCUT2D eigenvalue weighted by Gasteiger charge is -2.31. The quantitative estimate of drug-likeness (QED) is 0.759. The first kappa shape index (κ1) is 20.8. The van der Waals surface area contributed by atoms with Crippen molar-refractivity contribution in [3.8, 4) is 0 Å². The summed E-state index contributed by atoms with van der Waals surface area (Å²) in [4.78, 5) is 26.8. The van der Waals surface area contributed by atoms with E-state index in [0.717, 1.165) is 23.9 Å². The Hall–Kier alpha value is -2.42. The van der Waals surface area contributed by atoms with Crippen LogP contribution in [-0.4, -0.2) is 40.0 Å². The molecule has 1 saturated heterocycles. The van der Waals surface area contributed by atoms with E-state index in [9.17, 15) is 18.4 Å². The Morgan fingerprint density at radius 3 is 2.53 bits per heavy atom. The van der Waals surface area contributed by atoms with Crippen molar-refractivity contribution in [3.05, 3.63) is 39.8 Å². The summed E-state index contributed by atoms with van der Waals surface area (Å²) in [5, 5.41) is 11.4. The van der Waals surface area contributed by atoms with E-state index in [1.54, 1.807) is 0 Å². The third-order valence-corrected chi connectivity index (χ3v) is 7.03. The molecule has 2 heterocycles. The lowest BCUT2D eigenvalue weighted by Crippen LogP contribution is -2.38. The smallest absolute Gasteiger partial charge is 0.286 e. The highest BCUT2D eigenvalue weighted by Crippen LogP contribution is 2.32. The minimum absolute atomic E-state index is 0.104. The van der Waals surface area contributed by atoms with Crippen molar-refractivity contribution >= 4 is 28.8 Å². The monoisotopic (exact) mass is 434 g/mol. The topological polar surface area (TPSA) is 75.2 Å². The molecule has 0 spiro atoms. The fourth-order valence-electron chi connectivity index (χ4n) is 4.22. The van der Waals surface area contributed by atoms with E-state index < -0.39 is 17.5 Å². The number of piperidine rings is 1. The second kappa shape index (κ2) is 9.16. The maximum Gasteiger partial charge on any atom is 0.286 e. The molecule has 160 valence electrons. The van der Waals surface area contributed by atoms with Crippen LogP contribution < -0.4 is 5.32 Å². The molecule has 1 aromatic heterocycles. The molecule has 2 amide bonds. The molecule has 0 atom stereocenters. The number of carbonyl (C=O) groups excluding carboxylic acids is 2. The van der Waals surface area contributed by atoms with E-state index in [1.165, 1.54) is 43.1 Å². The fraction of sp³-hybridized carbons (Fsp3) is 0.524. The van der Waals surface area contributed by atoms with E-state index >= 15 is 0 Å². The second-order valence-corrected chi connectivity index (χ2v) is 9.04. The van der Waals surface area contributed by atoms with Crippen molar-refractivity contribution in [2.75, 3.05) is 18.4 Å². The van der Waals surface area contributed by atoms with Gasteiger partial charge in [0.1, 0.15) is 16.6 Å². The molecule has 2 fully saturated rings. The molecule has 1 aliphatic heterocycles. The van der Waals surface area contributed by atoms with Gasteiger partial charge in [-0.25, -0.2) is 8.78 Å². The van der Waals surface area contributed by atoms with Gasteiger partial charge in [0.05, 0.1) is 5.69 Å². The summed E-state index contributed by atoms with van der Waals surface area (Å²) < 4.78 is 26.7. The molecule has 0 unspecified atom stereocenters. The zero-order valence-corrected chi connectivity index (χ0v) is 17.4. The number of hydrogen-bond donors (Lipinski definition) is 1. The molecule has 1 saturated carbocycles. The van der Waals surface area contributed by atoms with Crippen LogP contribution in [0.4, 0.5) is 14.5 Å². The molecule has 1 N–H and O–H groups in total. The summed E-state index contributed by atoms with van der Waals surface area (Å²) in [6, 6.07) is 2.96. The van der Waals surface area contributed by atoms with Crippen LogP contribution in [-0.2, 0) is 4.79 Å². The number of likely N-dealkylation sites (tertiary alicyclic amines) is 1. The molecule has 4 rings (SSSR count). The molecule has 6 nitrogen and oxygen atoms in total. The largest absolute Gasteiger partial charge is 0.343 e. The van der Waals surface area contributed by atoms with Gasteiger partial charge in [-0.05, 0) is 43.7 Å². The van der Waals surface area contributed by atoms with Gasteiger partial charge < -0.3 is 10.2 Å². The SMILES string of the molecule is O=C(Nc1ccc(F)cc1F)c1nnc(C2CCN(C(=O)CC3CCCC3)CC2)s1. The molecule has 30 heavy (non-hydrogen) atoms. The van der Waals surface area contributed by atoms with Crippen molar-refractivity contribution < 1.29 is 18.4 Å². The Labute approximate surface area is 177 Å². The maximum absolute atomic E-state index is 13.7. The van der Waals surface area contributed by atoms with Crippen LogP contribution in [0.2, 0.25) is 0 Å². The lowest BCUT2D eigenvalue weighted by atomic mass is 9.96. The molecule has 0 bridgehead atoms. The van der Waals surface area contributed by atoms with Crippen molar-refractivity contribution in [2.45, 2.75) is 50.9 Å². The minimum atomic E-state index is -0.845. The van der Waals surface area contributed by atoms with Gasteiger partial charge in [-0.1, -0.05) is 24.2 Å². The summed E-state index contributed by atoms with van der Waals surface area (Å²) in [7, 11) is 0. The Kier molecular flexibility index (Phi) is 6.36. The van der Waals surface area contributed by atoms with Gasteiger partial charge in [0, 0.05) is 31.5 Å². The Morgan fingerprint density at radius 2 is 1.83 bits per heavy atom. The van der Waals surface area contributed by atoms with Crippen LogP contribution >= 0.6 is 11.3 Å². The van der Waals surface area contributed by atoms with Gasteiger partial charge in [-0.2, -0.15) is 0 Å². The summed E-state index contributed by atoms with van der Waals surface area (Å²) in [6.45, 7) is 1.39. The maximum atomic E-state index is 13.7. The number of aromatic nitrogens is 2. The molecular weight excluding hydrogens is 410 g/mol.